The van der Waals surface area contributed by atoms with Gasteiger partial charge in [0.2, 0.25) is 0 Å². The maximum absolute atomic E-state index is 13.4. The second kappa shape index (κ2) is 10.6. The van der Waals surface area contributed by atoms with Crippen molar-refractivity contribution >= 4 is 23.1 Å². The summed E-state index contributed by atoms with van der Waals surface area (Å²) >= 11 is 0. The average molecular weight is 488 g/mol. The molecule has 0 bridgehead atoms. The average Bonchev–Trinajstić information content (AvgIpc) is 3.14. The standard InChI is InChI=1S/C29H29NO6/c1-5-35-24-11-7-9-21(17-24)30-26(19-12-14-22(15-13-19)36-18(2)3)25(28(32)29(30)33)27(31)20-8-6-10-23(16-20)34-4/h6-18,26,31H,5H2,1-4H3/b27-25+. The third-order valence-electron chi connectivity index (χ3n) is 5.76. The zero-order chi connectivity index (χ0) is 25.8. The van der Waals surface area contributed by atoms with Crippen molar-refractivity contribution in [1.82, 2.24) is 0 Å². The molecule has 1 atom stereocenters. The lowest BCUT2D eigenvalue weighted by molar-refractivity contribution is -0.132. The van der Waals surface area contributed by atoms with Gasteiger partial charge >= 0.3 is 0 Å². The van der Waals surface area contributed by atoms with Gasteiger partial charge in [-0.15, -0.1) is 0 Å². The number of aliphatic hydroxyl groups is 1. The number of aliphatic hydroxyl groups excluding tert-OH is 1. The molecule has 1 aliphatic rings. The van der Waals surface area contributed by atoms with Crippen molar-refractivity contribution in [2.45, 2.75) is 32.9 Å². The predicted molar refractivity (Wildman–Crippen MR) is 138 cm³/mol. The molecule has 1 saturated heterocycles. The lowest BCUT2D eigenvalue weighted by atomic mass is 9.95. The van der Waals surface area contributed by atoms with E-state index in [-0.39, 0.29) is 17.4 Å². The molecule has 3 aromatic carbocycles. The third kappa shape index (κ3) is 4.91. The van der Waals surface area contributed by atoms with Crippen LogP contribution in [0.15, 0.2) is 78.4 Å². The van der Waals surface area contributed by atoms with Crippen molar-refractivity contribution in [3.8, 4) is 17.2 Å². The Balaban J connectivity index is 1.89. The molecule has 7 heteroatoms. The van der Waals surface area contributed by atoms with Crippen molar-refractivity contribution < 1.29 is 28.9 Å². The topological polar surface area (TPSA) is 85.3 Å². The van der Waals surface area contributed by atoms with E-state index < -0.39 is 17.7 Å². The van der Waals surface area contributed by atoms with Crippen molar-refractivity contribution in [3.63, 3.8) is 0 Å². The van der Waals surface area contributed by atoms with Gasteiger partial charge in [-0.2, -0.15) is 0 Å². The number of nitrogens with zero attached hydrogens (tertiary/aromatic N) is 1. The van der Waals surface area contributed by atoms with E-state index in [4.69, 9.17) is 14.2 Å². The minimum Gasteiger partial charge on any atom is -0.507 e. The molecule has 1 heterocycles. The summed E-state index contributed by atoms with van der Waals surface area (Å²) in [6, 6.07) is 20.0. The lowest BCUT2D eigenvalue weighted by Gasteiger charge is -2.26. The number of hydrogen-bond acceptors (Lipinski definition) is 6. The number of carbonyl (C=O) groups is 2. The SMILES string of the molecule is CCOc1cccc(N2C(=O)C(=O)/C(=C(/O)c3cccc(OC)c3)C2c2ccc(OC(C)C)cc2)c1. The van der Waals surface area contributed by atoms with E-state index in [9.17, 15) is 14.7 Å². The van der Waals surface area contributed by atoms with Crippen LogP contribution in [-0.4, -0.2) is 36.6 Å². The molecular weight excluding hydrogens is 458 g/mol. The minimum absolute atomic E-state index is 0.00384. The van der Waals surface area contributed by atoms with E-state index in [0.29, 0.717) is 40.7 Å². The van der Waals surface area contributed by atoms with Gasteiger partial charge in [0.1, 0.15) is 23.0 Å². The molecule has 0 saturated carbocycles. The van der Waals surface area contributed by atoms with Crippen LogP contribution in [0.1, 0.15) is 37.9 Å². The van der Waals surface area contributed by atoms with Crippen LogP contribution in [0.3, 0.4) is 0 Å². The van der Waals surface area contributed by atoms with Crippen LogP contribution >= 0.6 is 0 Å². The van der Waals surface area contributed by atoms with E-state index in [0.717, 1.165) is 0 Å². The zero-order valence-corrected chi connectivity index (χ0v) is 20.7. The highest BCUT2D eigenvalue weighted by atomic mass is 16.5. The van der Waals surface area contributed by atoms with Gasteiger partial charge in [-0.3, -0.25) is 14.5 Å². The van der Waals surface area contributed by atoms with Gasteiger partial charge in [0.15, 0.2) is 0 Å². The Hall–Kier alpha value is -4.26. The Morgan fingerprint density at radius 1 is 0.944 bits per heavy atom. The van der Waals surface area contributed by atoms with E-state index >= 15 is 0 Å². The molecule has 1 unspecified atom stereocenters. The van der Waals surface area contributed by atoms with Gasteiger partial charge in [0, 0.05) is 17.3 Å². The number of benzene rings is 3. The predicted octanol–water partition coefficient (Wildman–Crippen LogP) is 5.51. The van der Waals surface area contributed by atoms with Crippen LogP contribution in [-0.2, 0) is 9.59 Å². The number of anilines is 1. The highest BCUT2D eigenvalue weighted by Gasteiger charge is 2.47. The van der Waals surface area contributed by atoms with Crippen molar-refractivity contribution in [1.29, 1.82) is 0 Å². The molecule has 36 heavy (non-hydrogen) atoms. The van der Waals surface area contributed by atoms with E-state index in [1.54, 1.807) is 72.8 Å². The van der Waals surface area contributed by atoms with Gasteiger partial charge in [-0.05, 0) is 62.7 Å². The first-order valence-corrected chi connectivity index (χ1v) is 11.8. The van der Waals surface area contributed by atoms with E-state index in [2.05, 4.69) is 0 Å². The number of carbonyl (C=O) groups excluding carboxylic acids is 2. The fourth-order valence-electron chi connectivity index (χ4n) is 4.23. The molecule has 3 aromatic rings. The molecule has 0 radical (unpaired) electrons. The first-order valence-electron chi connectivity index (χ1n) is 11.8. The molecule has 4 rings (SSSR count). The second-order valence-electron chi connectivity index (χ2n) is 8.57. The number of Topliss-reactive ketones (excluding diaryl/α,β-unsaturated/α-hetero) is 1. The van der Waals surface area contributed by atoms with Crippen molar-refractivity contribution in [2.75, 3.05) is 18.6 Å². The first kappa shape index (κ1) is 24.9. The maximum Gasteiger partial charge on any atom is 0.300 e. The molecule has 0 aromatic heterocycles. The molecule has 1 fully saturated rings. The summed E-state index contributed by atoms with van der Waals surface area (Å²) in [7, 11) is 1.52. The zero-order valence-electron chi connectivity index (χ0n) is 20.7. The Labute approximate surface area is 210 Å². The Morgan fingerprint density at radius 3 is 2.31 bits per heavy atom. The van der Waals surface area contributed by atoms with Crippen LogP contribution in [0.5, 0.6) is 17.2 Å². The maximum atomic E-state index is 13.4. The van der Waals surface area contributed by atoms with Crippen LogP contribution in [0.2, 0.25) is 0 Å². The number of ketones is 1. The van der Waals surface area contributed by atoms with E-state index in [1.165, 1.54) is 12.0 Å². The fraction of sp³-hybridized carbons (Fsp3) is 0.241. The van der Waals surface area contributed by atoms with Gasteiger partial charge in [0.25, 0.3) is 11.7 Å². The van der Waals surface area contributed by atoms with Crippen molar-refractivity contribution in [2.24, 2.45) is 0 Å². The summed E-state index contributed by atoms with van der Waals surface area (Å²) in [4.78, 5) is 28.1. The molecule has 0 aliphatic carbocycles. The molecular formula is C29H29NO6. The molecule has 1 aliphatic heterocycles. The van der Waals surface area contributed by atoms with Crippen LogP contribution < -0.4 is 19.1 Å². The molecule has 1 amide bonds. The summed E-state index contributed by atoms with van der Waals surface area (Å²) < 4.78 is 16.6. The second-order valence-corrected chi connectivity index (χ2v) is 8.57. The number of ether oxygens (including phenoxy) is 3. The summed E-state index contributed by atoms with van der Waals surface area (Å²) in [6.07, 6.45) is -0.00384. The summed E-state index contributed by atoms with van der Waals surface area (Å²) in [6.45, 7) is 6.19. The number of hydrogen-bond donors (Lipinski definition) is 1. The summed E-state index contributed by atoms with van der Waals surface area (Å²) in [5.74, 6) is -0.0288. The summed E-state index contributed by atoms with van der Waals surface area (Å²) in [5, 5.41) is 11.3. The highest BCUT2D eigenvalue weighted by molar-refractivity contribution is 6.51. The van der Waals surface area contributed by atoms with Gasteiger partial charge in [-0.25, -0.2) is 0 Å². The van der Waals surface area contributed by atoms with Gasteiger partial charge in [0.05, 0.1) is 31.4 Å². The van der Waals surface area contributed by atoms with Crippen molar-refractivity contribution in [3.05, 3.63) is 89.5 Å². The minimum atomic E-state index is -0.860. The largest absolute Gasteiger partial charge is 0.507 e. The number of rotatable bonds is 8. The Kier molecular flexibility index (Phi) is 7.29. The molecule has 0 spiro atoms. The Morgan fingerprint density at radius 2 is 1.64 bits per heavy atom. The van der Waals surface area contributed by atoms with Gasteiger partial charge < -0.3 is 19.3 Å². The smallest absolute Gasteiger partial charge is 0.300 e. The molecule has 7 nitrogen and oxygen atoms in total. The lowest BCUT2D eigenvalue weighted by Crippen LogP contribution is -2.29. The quantitative estimate of drug-likeness (QED) is 0.256. The number of methoxy groups -OCH3 is 1. The van der Waals surface area contributed by atoms with E-state index in [1.807, 2.05) is 20.8 Å². The van der Waals surface area contributed by atoms with Crippen LogP contribution in [0.4, 0.5) is 5.69 Å². The first-order chi connectivity index (χ1) is 17.3. The highest BCUT2D eigenvalue weighted by Crippen LogP contribution is 2.43. The third-order valence-corrected chi connectivity index (χ3v) is 5.76. The Bertz CT molecular complexity index is 1300. The van der Waals surface area contributed by atoms with Crippen LogP contribution in [0.25, 0.3) is 5.76 Å². The van der Waals surface area contributed by atoms with Gasteiger partial charge in [-0.1, -0.05) is 30.3 Å². The van der Waals surface area contributed by atoms with Crippen LogP contribution in [0, 0.1) is 0 Å². The summed E-state index contributed by atoms with van der Waals surface area (Å²) in [5.41, 5.74) is 1.50. The fourth-order valence-corrected chi connectivity index (χ4v) is 4.23. The number of amides is 1. The molecule has 1 N–H and O–H groups in total. The normalized spacial score (nSPS) is 16.9. The monoisotopic (exact) mass is 487 g/mol. The molecule has 186 valence electrons.